The van der Waals surface area contributed by atoms with Crippen LogP contribution >= 0.6 is 27.5 Å². The zero-order chi connectivity index (χ0) is 13.8. The Morgan fingerprint density at radius 1 is 1.42 bits per heavy atom. The fraction of sp³-hybridized carbons (Fsp3) is 0. The van der Waals surface area contributed by atoms with Crippen molar-refractivity contribution in [3.63, 3.8) is 0 Å². The minimum absolute atomic E-state index is 0.274. The Hall–Kier alpha value is -1.90. The number of anilines is 1. The van der Waals surface area contributed by atoms with E-state index in [9.17, 15) is 4.79 Å². The maximum atomic E-state index is 12.0. The lowest BCUT2D eigenvalue weighted by Gasteiger charge is -2.06. The second kappa shape index (κ2) is 5.83. The van der Waals surface area contributed by atoms with Crippen molar-refractivity contribution in [3.8, 4) is 6.07 Å². The summed E-state index contributed by atoms with van der Waals surface area (Å²) < 4.78 is 0.599. The molecule has 0 aliphatic carbocycles. The van der Waals surface area contributed by atoms with Gasteiger partial charge >= 0.3 is 0 Å². The third-order valence-corrected chi connectivity index (χ3v) is 3.29. The topological polar surface area (TPSA) is 65.8 Å². The van der Waals surface area contributed by atoms with Crippen molar-refractivity contribution in [3.05, 3.63) is 57.3 Å². The smallest absolute Gasteiger partial charge is 0.275 e. The van der Waals surface area contributed by atoms with Gasteiger partial charge in [0.15, 0.2) is 0 Å². The summed E-state index contributed by atoms with van der Waals surface area (Å²) in [4.78, 5) is 16.0. The minimum Gasteiger partial charge on any atom is -0.321 e. The number of nitriles is 1. The first-order chi connectivity index (χ1) is 9.11. The zero-order valence-electron chi connectivity index (χ0n) is 9.52. The van der Waals surface area contributed by atoms with Crippen LogP contribution in [0.5, 0.6) is 0 Å². The van der Waals surface area contributed by atoms with E-state index in [0.717, 1.165) is 0 Å². The van der Waals surface area contributed by atoms with Crippen LogP contribution < -0.4 is 5.32 Å². The first-order valence-corrected chi connectivity index (χ1v) is 6.40. The van der Waals surface area contributed by atoms with Gasteiger partial charge in [-0.25, -0.2) is 4.98 Å². The molecule has 1 aromatic heterocycles. The Morgan fingerprint density at radius 3 is 2.89 bits per heavy atom. The monoisotopic (exact) mass is 335 g/mol. The summed E-state index contributed by atoms with van der Waals surface area (Å²) in [6, 6.07) is 10.1. The largest absolute Gasteiger partial charge is 0.321 e. The van der Waals surface area contributed by atoms with Gasteiger partial charge < -0.3 is 5.32 Å². The normalized spacial score (nSPS) is 9.74. The van der Waals surface area contributed by atoms with Gasteiger partial charge in [-0.2, -0.15) is 5.26 Å². The van der Waals surface area contributed by atoms with Gasteiger partial charge in [-0.05, 0) is 46.3 Å². The third-order valence-electron chi connectivity index (χ3n) is 2.32. The molecule has 0 atom stereocenters. The molecule has 6 heteroatoms. The van der Waals surface area contributed by atoms with Crippen LogP contribution in [0.1, 0.15) is 16.1 Å². The van der Waals surface area contributed by atoms with E-state index in [-0.39, 0.29) is 11.6 Å². The molecule has 0 unspecified atom stereocenters. The van der Waals surface area contributed by atoms with Gasteiger partial charge in [0.05, 0.1) is 10.6 Å². The number of hydrogen-bond donors (Lipinski definition) is 1. The van der Waals surface area contributed by atoms with Gasteiger partial charge in [0.2, 0.25) is 0 Å². The number of amides is 1. The Labute approximate surface area is 123 Å². The molecule has 0 saturated heterocycles. The number of pyridine rings is 1. The molecule has 1 amide bonds. The van der Waals surface area contributed by atoms with Crippen molar-refractivity contribution in [2.24, 2.45) is 0 Å². The van der Waals surface area contributed by atoms with Crippen LogP contribution in [-0.4, -0.2) is 10.9 Å². The van der Waals surface area contributed by atoms with Crippen LogP contribution in [0.15, 0.2) is 41.0 Å². The van der Waals surface area contributed by atoms with E-state index >= 15 is 0 Å². The van der Waals surface area contributed by atoms with Crippen molar-refractivity contribution >= 4 is 39.1 Å². The highest BCUT2D eigenvalue weighted by atomic mass is 79.9. The quantitative estimate of drug-likeness (QED) is 0.911. The molecule has 0 fully saturated rings. The van der Waals surface area contributed by atoms with Gasteiger partial charge in [0.25, 0.3) is 5.91 Å². The number of carbonyl (C=O) groups is 1. The lowest BCUT2D eigenvalue weighted by molar-refractivity contribution is 0.102. The Morgan fingerprint density at radius 2 is 2.21 bits per heavy atom. The van der Waals surface area contributed by atoms with Gasteiger partial charge in [-0.15, -0.1) is 0 Å². The summed E-state index contributed by atoms with van der Waals surface area (Å²) in [5, 5.41) is 11.9. The first-order valence-electron chi connectivity index (χ1n) is 5.23. The molecule has 2 rings (SSSR count). The third kappa shape index (κ3) is 3.11. The van der Waals surface area contributed by atoms with Crippen LogP contribution in [0, 0.1) is 11.3 Å². The molecule has 1 heterocycles. The van der Waals surface area contributed by atoms with Gasteiger partial charge in [0, 0.05) is 16.4 Å². The second-order valence-electron chi connectivity index (χ2n) is 3.59. The molecule has 0 aliphatic heterocycles. The average Bonchev–Trinajstić information content (AvgIpc) is 2.41. The fourth-order valence-corrected chi connectivity index (χ4v) is 2.03. The molecule has 0 aliphatic rings. The van der Waals surface area contributed by atoms with Gasteiger partial charge in [0.1, 0.15) is 11.8 Å². The summed E-state index contributed by atoms with van der Waals surface area (Å²) >= 11 is 9.07. The van der Waals surface area contributed by atoms with E-state index in [4.69, 9.17) is 16.9 Å². The predicted octanol–water partition coefficient (Wildman–Crippen LogP) is 3.62. The Bertz CT molecular complexity index is 682. The summed E-state index contributed by atoms with van der Waals surface area (Å²) in [5.74, 6) is -0.362. The van der Waals surface area contributed by atoms with Crippen LogP contribution in [0.25, 0.3) is 0 Å². The van der Waals surface area contributed by atoms with E-state index < -0.39 is 0 Å². The Kier molecular flexibility index (Phi) is 4.15. The van der Waals surface area contributed by atoms with Crippen molar-refractivity contribution in [1.29, 1.82) is 5.26 Å². The summed E-state index contributed by atoms with van der Waals surface area (Å²) in [6.45, 7) is 0. The van der Waals surface area contributed by atoms with E-state index in [1.54, 1.807) is 24.3 Å². The molecule has 94 valence electrons. The van der Waals surface area contributed by atoms with Crippen molar-refractivity contribution < 1.29 is 4.79 Å². The first kappa shape index (κ1) is 13.5. The van der Waals surface area contributed by atoms with Crippen molar-refractivity contribution in [2.45, 2.75) is 0 Å². The highest BCUT2D eigenvalue weighted by Crippen LogP contribution is 2.21. The van der Waals surface area contributed by atoms with Crippen LogP contribution in [-0.2, 0) is 0 Å². The summed E-state index contributed by atoms with van der Waals surface area (Å²) in [5.41, 5.74) is 1.07. The molecule has 1 aromatic carbocycles. The molecule has 1 N–H and O–H groups in total. The highest BCUT2D eigenvalue weighted by molar-refractivity contribution is 9.10. The standard InChI is InChI=1S/C13H7BrClN3O/c14-10-2-1-5-17-12(10)13(19)18-9-3-4-11(15)8(6-9)7-16/h1-6H,(H,18,19). The van der Waals surface area contributed by atoms with Crippen LogP contribution in [0.2, 0.25) is 5.02 Å². The van der Waals surface area contributed by atoms with E-state index in [1.807, 2.05) is 6.07 Å². The predicted molar refractivity (Wildman–Crippen MR) is 76.1 cm³/mol. The lowest BCUT2D eigenvalue weighted by Crippen LogP contribution is -2.14. The molecule has 0 spiro atoms. The number of benzene rings is 1. The van der Waals surface area contributed by atoms with Crippen LogP contribution in [0.4, 0.5) is 5.69 Å². The fourth-order valence-electron chi connectivity index (χ4n) is 1.43. The van der Waals surface area contributed by atoms with Gasteiger partial charge in [-0.1, -0.05) is 11.6 Å². The molecule has 0 saturated carbocycles. The van der Waals surface area contributed by atoms with Crippen LogP contribution in [0.3, 0.4) is 0 Å². The molecule has 0 bridgehead atoms. The molecule has 19 heavy (non-hydrogen) atoms. The van der Waals surface area contributed by atoms with E-state index in [0.29, 0.717) is 20.7 Å². The molecular weight excluding hydrogens is 330 g/mol. The SMILES string of the molecule is N#Cc1cc(NC(=O)c2ncccc2Br)ccc1Cl. The van der Waals surface area contributed by atoms with Crippen molar-refractivity contribution in [2.75, 3.05) is 5.32 Å². The number of halogens is 2. The van der Waals surface area contributed by atoms with Crippen molar-refractivity contribution in [1.82, 2.24) is 4.98 Å². The lowest BCUT2D eigenvalue weighted by atomic mass is 10.2. The van der Waals surface area contributed by atoms with E-state index in [1.165, 1.54) is 12.3 Å². The average molecular weight is 337 g/mol. The highest BCUT2D eigenvalue weighted by Gasteiger charge is 2.12. The number of carbonyl (C=O) groups excluding carboxylic acids is 1. The zero-order valence-corrected chi connectivity index (χ0v) is 11.9. The molecular formula is C13H7BrClN3O. The molecule has 4 nitrogen and oxygen atoms in total. The van der Waals surface area contributed by atoms with Gasteiger partial charge in [-0.3, -0.25) is 4.79 Å². The number of hydrogen-bond acceptors (Lipinski definition) is 3. The maximum absolute atomic E-state index is 12.0. The summed E-state index contributed by atoms with van der Waals surface area (Å²) in [6.07, 6.45) is 1.53. The molecule has 0 radical (unpaired) electrons. The molecule has 2 aromatic rings. The number of aromatic nitrogens is 1. The minimum atomic E-state index is -0.362. The Balaban J connectivity index is 2.25. The second-order valence-corrected chi connectivity index (χ2v) is 4.86. The van der Waals surface area contributed by atoms with E-state index in [2.05, 4.69) is 26.2 Å². The maximum Gasteiger partial charge on any atom is 0.275 e. The number of nitrogens with zero attached hydrogens (tertiary/aromatic N) is 2. The number of rotatable bonds is 2. The number of nitrogens with one attached hydrogen (secondary N) is 1. The summed E-state index contributed by atoms with van der Waals surface area (Å²) in [7, 11) is 0.